The summed E-state index contributed by atoms with van der Waals surface area (Å²) >= 11 is 0. The minimum Gasteiger partial charge on any atom is -0.449 e. The molecule has 0 bridgehead atoms. The van der Waals surface area contributed by atoms with E-state index in [0.29, 0.717) is 26.2 Å². The summed E-state index contributed by atoms with van der Waals surface area (Å²) in [7, 11) is 1.57. The number of amides is 1. The van der Waals surface area contributed by atoms with Gasteiger partial charge in [-0.25, -0.2) is 4.79 Å². The van der Waals surface area contributed by atoms with Gasteiger partial charge in [0.25, 0.3) is 0 Å². The molecular formula is C8H15NO4. The van der Waals surface area contributed by atoms with Gasteiger partial charge in [-0.1, -0.05) is 0 Å². The first kappa shape index (κ1) is 10.3. The molecule has 13 heavy (non-hydrogen) atoms. The number of aliphatic hydroxyl groups is 1. The molecule has 1 heterocycles. The third-order valence-corrected chi connectivity index (χ3v) is 2.10. The summed E-state index contributed by atoms with van der Waals surface area (Å²) in [5.74, 6) is 0. The van der Waals surface area contributed by atoms with Gasteiger partial charge in [0, 0.05) is 20.1 Å². The normalized spacial score (nSPS) is 23.1. The molecule has 1 amide bonds. The Morgan fingerprint density at radius 3 is 3.15 bits per heavy atom. The number of ether oxygens (including phenoxy) is 2. The molecule has 0 aromatic rings. The van der Waals surface area contributed by atoms with E-state index < -0.39 is 0 Å². The predicted molar refractivity (Wildman–Crippen MR) is 45.4 cm³/mol. The molecule has 1 unspecified atom stereocenters. The van der Waals surface area contributed by atoms with Gasteiger partial charge >= 0.3 is 6.09 Å². The molecule has 0 saturated carbocycles. The van der Waals surface area contributed by atoms with Crippen molar-refractivity contribution in [3.63, 3.8) is 0 Å². The van der Waals surface area contributed by atoms with Gasteiger partial charge in [0.2, 0.25) is 0 Å². The SMILES string of the molecule is COCCN1C(=O)OCCC1CO. The van der Waals surface area contributed by atoms with Crippen LogP contribution in [0.15, 0.2) is 0 Å². The summed E-state index contributed by atoms with van der Waals surface area (Å²) in [6.45, 7) is 1.32. The van der Waals surface area contributed by atoms with E-state index in [1.807, 2.05) is 0 Å². The van der Waals surface area contributed by atoms with E-state index in [4.69, 9.17) is 14.6 Å². The fourth-order valence-corrected chi connectivity index (χ4v) is 1.32. The molecule has 1 aliphatic heterocycles. The Hall–Kier alpha value is -0.810. The zero-order chi connectivity index (χ0) is 9.68. The molecule has 5 heteroatoms. The van der Waals surface area contributed by atoms with Crippen molar-refractivity contribution in [3.8, 4) is 0 Å². The van der Waals surface area contributed by atoms with Crippen molar-refractivity contribution in [2.75, 3.05) is 33.5 Å². The van der Waals surface area contributed by atoms with Crippen molar-refractivity contribution in [2.45, 2.75) is 12.5 Å². The summed E-state index contributed by atoms with van der Waals surface area (Å²) in [4.78, 5) is 12.7. The summed E-state index contributed by atoms with van der Waals surface area (Å²) in [6.07, 6.45) is 0.328. The summed E-state index contributed by atoms with van der Waals surface area (Å²) in [5, 5.41) is 8.99. The standard InChI is InChI=1S/C8H15NO4/c1-12-5-3-9-7(6-10)2-4-13-8(9)11/h7,10H,2-6H2,1H3. The summed E-state index contributed by atoms with van der Waals surface area (Å²) < 4.78 is 9.69. The number of hydrogen-bond acceptors (Lipinski definition) is 4. The highest BCUT2D eigenvalue weighted by atomic mass is 16.6. The number of nitrogens with zero attached hydrogens (tertiary/aromatic N) is 1. The minimum absolute atomic E-state index is 0.0151. The molecule has 76 valence electrons. The lowest BCUT2D eigenvalue weighted by Crippen LogP contribution is -2.48. The van der Waals surface area contributed by atoms with Crippen LogP contribution in [0.2, 0.25) is 0 Å². The van der Waals surface area contributed by atoms with Crippen molar-refractivity contribution in [1.82, 2.24) is 4.90 Å². The quantitative estimate of drug-likeness (QED) is 0.667. The van der Waals surface area contributed by atoms with Gasteiger partial charge in [0.15, 0.2) is 0 Å². The van der Waals surface area contributed by atoms with Crippen LogP contribution in [-0.2, 0) is 9.47 Å². The highest BCUT2D eigenvalue weighted by Crippen LogP contribution is 2.12. The highest BCUT2D eigenvalue weighted by molar-refractivity contribution is 5.68. The largest absolute Gasteiger partial charge is 0.449 e. The number of carbonyl (C=O) groups is 1. The number of hydrogen-bond donors (Lipinski definition) is 1. The molecule has 1 fully saturated rings. The number of rotatable bonds is 4. The van der Waals surface area contributed by atoms with Gasteiger partial charge in [-0.15, -0.1) is 0 Å². The molecule has 0 spiro atoms. The lowest BCUT2D eigenvalue weighted by Gasteiger charge is -2.33. The third kappa shape index (κ3) is 2.57. The number of cyclic esters (lactones) is 1. The summed E-state index contributed by atoms with van der Waals surface area (Å²) in [5.41, 5.74) is 0. The average Bonchev–Trinajstić information content (AvgIpc) is 2.15. The van der Waals surface area contributed by atoms with E-state index in [0.717, 1.165) is 0 Å². The maximum absolute atomic E-state index is 11.2. The molecular weight excluding hydrogens is 174 g/mol. The van der Waals surface area contributed by atoms with Crippen molar-refractivity contribution in [1.29, 1.82) is 0 Å². The van der Waals surface area contributed by atoms with Gasteiger partial charge in [0.05, 0.1) is 25.9 Å². The van der Waals surface area contributed by atoms with Crippen LogP contribution in [0, 0.1) is 0 Å². The first-order valence-electron chi connectivity index (χ1n) is 4.32. The minimum atomic E-state index is -0.359. The van der Waals surface area contributed by atoms with Crippen LogP contribution in [0.25, 0.3) is 0 Å². The van der Waals surface area contributed by atoms with Crippen LogP contribution in [0.5, 0.6) is 0 Å². The van der Waals surface area contributed by atoms with Crippen molar-refractivity contribution >= 4 is 6.09 Å². The highest BCUT2D eigenvalue weighted by Gasteiger charge is 2.28. The van der Waals surface area contributed by atoms with Crippen LogP contribution in [0.1, 0.15) is 6.42 Å². The zero-order valence-electron chi connectivity index (χ0n) is 7.73. The van der Waals surface area contributed by atoms with E-state index in [2.05, 4.69) is 0 Å². The molecule has 0 aromatic heterocycles. The number of aliphatic hydroxyl groups excluding tert-OH is 1. The van der Waals surface area contributed by atoms with Gasteiger partial charge in [-0.3, -0.25) is 0 Å². The maximum atomic E-state index is 11.2. The van der Waals surface area contributed by atoms with Crippen LogP contribution >= 0.6 is 0 Å². The fraction of sp³-hybridized carbons (Fsp3) is 0.875. The van der Waals surface area contributed by atoms with E-state index in [1.54, 1.807) is 7.11 Å². The van der Waals surface area contributed by atoms with E-state index in [9.17, 15) is 4.79 Å². The molecule has 0 radical (unpaired) electrons. The summed E-state index contributed by atoms with van der Waals surface area (Å²) in [6, 6.07) is -0.114. The second-order valence-corrected chi connectivity index (χ2v) is 2.93. The Labute approximate surface area is 77.2 Å². The Bertz CT molecular complexity index is 174. The van der Waals surface area contributed by atoms with Crippen LogP contribution < -0.4 is 0 Å². The fourth-order valence-electron chi connectivity index (χ4n) is 1.32. The first-order chi connectivity index (χ1) is 6.29. The molecule has 1 rings (SSSR count). The Morgan fingerprint density at radius 2 is 2.54 bits per heavy atom. The first-order valence-corrected chi connectivity index (χ1v) is 4.32. The lowest BCUT2D eigenvalue weighted by atomic mass is 10.2. The van der Waals surface area contributed by atoms with Crippen molar-refractivity contribution in [3.05, 3.63) is 0 Å². The smallest absolute Gasteiger partial charge is 0.410 e. The molecule has 1 N–H and O–H groups in total. The maximum Gasteiger partial charge on any atom is 0.410 e. The lowest BCUT2D eigenvalue weighted by molar-refractivity contribution is 0.0150. The van der Waals surface area contributed by atoms with Crippen LogP contribution in [-0.4, -0.2) is 55.6 Å². The second-order valence-electron chi connectivity index (χ2n) is 2.93. The molecule has 1 saturated heterocycles. The Balaban J connectivity index is 2.46. The van der Waals surface area contributed by atoms with Gasteiger partial charge in [-0.05, 0) is 0 Å². The second kappa shape index (κ2) is 5.04. The monoisotopic (exact) mass is 189 g/mol. The molecule has 1 aliphatic rings. The topological polar surface area (TPSA) is 59.0 Å². The third-order valence-electron chi connectivity index (χ3n) is 2.10. The Kier molecular flexibility index (Phi) is 3.98. The van der Waals surface area contributed by atoms with Gasteiger partial charge in [0.1, 0.15) is 0 Å². The molecule has 5 nitrogen and oxygen atoms in total. The molecule has 0 aromatic carbocycles. The van der Waals surface area contributed by atoms with Crippen molar-refractivity contribution < 1.29 is 19.4 Å². The number of methoxy groups -OCH3 is 1. The van der Waals surface area contributed by atoms with Gasteiger partial charge < -0.3 is 19.5 Å². The van der Waals surface area contributed by atoms with E-state index >= 15 is 0 Å². The van der Waals surface area contributed by atoms with Gasteiger partial charge in [-0.2, -0.15) is 0 Å². The van der Waals surface area contributed by atoms with Crippen molar-refractivity contribution in [2.24, 2.45) is 0 Å². The Morgan fingerprint density at radius 1 is 1.77 bits per heavy atom. The van der Waals surface area contributed by atoms with E-state index in [-0.39, 0.29) is 18.7 Å². The van der Waals surface area contributed by atoms with Crippen LogP contribution in [0.3, 0.4) is 0 Å². The average molecular weight is 189 g/mol. The molecule has 0 aliphatic carbocycles. The number of carbonyl (C=O) groups excluding carboxylic acids is 1. The van der Waals surface area contributed by atoms with Crippen LogP contribution in [0.4, 0.5) is 4.79 Å². The predicted octanol–water partition coefficient (Wildman–Crippen LogP) is -0.164. The molecule has 1 atom stereocenters. The van der Waals surface area contributed by atoms with E-state index in [1.165, 1.54) is 4.90 Å². The zero-order valence-corrected chi connectivity index (χ0v) is 7.73.